The van der Waals surface area contributed by atoms with Crippen LogP contribution >= 0.6 is 23.2 Å². The van der Waals surface area contributed by atoms with Gasteiger partial charge < -0.3 is 9.47 Å². The number of alkyl halides is 1. The smallest absolute Gasteiger partial charge is 0.141 e. The Bertz CT molecular complexity index is 677. The van der Waals surface area contributed by atoms with Gasteiger partial charge in [-0.05, 0) is 18.2 Å². The molecule has 2 atom stereocenters. The number of halogens is 3. The Hall–Kier alpha value is -1.29. The van der Waals surface area contributed by atoms with Crippen LogP contribution in [0.15, 0.2) is 42.5 Å². The normalized spacial score (nSPS) is 23.9. The molecule has 2 aromatic rings. The Morgan fingerprint density at radius 2 is 2.05 bits per heavy atom. The molecule has 0 amide bonds. The van der Waals surface area contributed by atoms with E-state index in [0.29, 0.717) is 10.8 Å². The lowest BCUT2D eigenvalue weighted by atomic mass is 9.92. The van der Waals surface area contributed by atoms with E-state index in [0.717, 1.165) is 11.1 Å². The number of epoxide rings is 1. The van der Waals surface area contributed by atoms with Gasteiger partial charge in [-0.1, -0.05) is 29.8 Å². The predicted octanol–water partition coefficient (Wildman–Crippen LogP) is 4.69. The molecule has 0 N–H and O–H groups in total. The molecule has 0 aromatic heterocycles. The van der Waals surface area contributed by atoms with E-state index >= 15 is 0 Å². The first kappa shape index (κ1) is 14.6. The summed E-state index contributed by atoms with van der Waals surface area (Å²) in [5.74, 6) is 0.283. The third-order valence-electron chi connectivity index (χ3n) is 3.70. The Morgan fingerprint density at radius 1 is 1.29 bits per heavy atom. The molecular formula is C16H13Cl2FO2. The fourth-order valence-electron chi connectivity index (χ4n) is 2.57. The fraction of sp³-hybridized carbons (Fsp3) is 0.250. The molecular weight excluding hydrogens is 314 g/mol. The molecule has 5 heteroatoms. The van der Waals surface area contributed by atoms with E-state index in [1.54, 1.807) is 12.1 Å². The summed E-state index contributed by atoms with van der Waals surface area (Å²) in [7, 11) is 1.49. The number of ether oxygens (including phenoxy) is 2. The van der Waals surface area contributed by atoms with E-state index in [4.69, 9.17) is 32.7 Å². The predicted molar refractivity (Wildman–Crippen MR) is 80.6 cm³/mol. The molecule has 0 radical (unpaired) electrons. The first-order valence-electron chi connectivity index (χ1n) is 6.44. The third kappa shape index (κ3) is 2.39. The van der Waals surface area contributed by atoms with Gasteiger partial charge in [-0.25, -0.2) is 4.39 Å². The zero-order valence-electron chi connectivity index (χ0n) is 11.3. The summed E-state index contributed by atoms with van der Waals surface area (Å²) in [4.78, 5) is 0. The Morgan fingerprint density at radius 3 is 2.71 bits per heavy atom. The van der Waals surface area contributed by atoms with Crippen molar-refractivity contribution in [1.82, 2.24) is 0 Å². The maximum atomic E-state index is 13.4. The lowest BCUT2D eigenvalue weighted by molar-refractivity contribution is 0.306. The van der Waals surface area contributed by atoms with Crippen molar-refractivity contribution in [2.24, 2.45) is 0 Å². The van der Waals surface area contributed by atoms with Crippen LogP contribution in [0.4, 0.5) is 4.39 Å². The van der Waals surface area contributed by atoms with Crippen LogP contribution < -0.4 is 4.74 Å². The second kappa shape index (κ2) is 5.48. The van der Waals surface area contributed by atoms with Crippen molar-refractivity contribution in [1.29, 1.82) is 0 Å². The molecule has 1 heterocycles. The van der Waals surface area contributed by atoms with Crippen LogP contribution in [0.3, 0.4) is 0 Å². The number of hydrogen-bond acceptors (Lipinski definition) is 2. The highest BCUT2D eigenvalue weighted by atomic mass is 35.5. The molecule has 1 saturated heterocycles. The summed E-state index contributed by atoms with van der Waals surface area (Å²) in [5.41, 5.74) is 0.864. The molecule has 2 unspecified atom stereocenters. The fourth-order valence-corrected chi connectivity index (χ4v) is 3.15. The van der Waals surface area contributed by atoms with Gasteiger partial charge in [-0.15, -0.1) is 11.6 Å². The van der Waals surface area contributed by atoms with Gasteiger partial charge in [0, 0.05) is 22.2 Å². The average Bonchev–Trinajstić information content (AvgIpc) is 3.23. The van der Waals surface area contributed by atoms with E-state index in [1.165, 1.54) is 19.2 Å². The summed E-state index contributed by atoms with van der Waals surface area (Å²) < 4.78 is 24.5. The SMILES string of the molecule is COc1cc(F)ccc1C1(CCl)OC1c1ccccc1Cl. The zero-order chi connectivity index (χ0) is 15.0. The van der Waals surface area contributed by atoms with Crippen LogP contribution in [0.5, 0.6) is 5.75 Å². The molecule has 0 saturated carbocycles. The average molecular weight is 327 g/mol. The van der Waals surface area contributed by atoms with Gasteiger partial charge in [-0.2, -0.15) is 0 Å². The molecule has 1 fully saturated rings. The maximum Gasteiger partial charge on any atom is 0.141 e. The van der Waals surface area contributed by atoms with E-state index in [1.807, 2.05) is 18.2 Å². The lowest BCUT2D eigenvalue weighted by Crippen LogP contribution is -2.14. The summed E-state index contributed by atoms with van der Waals surface area (Å²) in [6.07, 6.45) is -0.261. The molecule has 110 valence electrons. The van der Waals surface area contributed by atoms with Crippen LogP contribution in [0.2, 0.25) is 5.02 Å². The molecule has 3 rings (SSSR count). The van der Waals surface area contributed by atoms with E-state index in [9.17, 15) is 4.39 Å². The largest absolute Gasteiger partial charge is 0.496 e. The minimum atomic E-state index is -0.731. The lowest BCUT2D eigenvalue weighted by Gasteiger charge is -2.15. The number of hydrogen-bond donors (Lipinski definition) is 0. The van der Waals surface area contributed by atoms with Crippen LogP contribution in [-0.2, 0) is 10.3 Å². The van der Waals surface area contributed by atoms with Gasteiger partial charge in [0.1, 0.15) is 23.3 Å². The quantitative estimate of drug-likeness (QED) is 0.600. The minimum absolute atomic E-state index is 0.227. The highest BCUT2D eigenvalue weighted by Crippen LogP contribution is 2.60. The first-order chi connectivity index (χ1) is 10.1. The van der Waals surface area contributed by atoms with Gasteiger partial charge in [-0.3, -0.25) is 0 Å². The monoisotopic (exact) mass is 326 g/mol. The highest BCUT2D eigenvalue weighted by Gasteiger charge is 2.59. The summed E-state index contributed by atoms with van der Waals surface area (Å²) in [6, 6.07) is 11.8. The van der Waals surface area contributed by atoms with Gasteiger partial charge in [0.05, 0.1) is 13.0 Å². The van der Waals surface area contributed by atoms with Crippen molar-refractivity contribution in [3.63, 3.8) is 0 Å². The highest BCUT2D eigenvalue weighted by molar-refractivity contribution is 6.31. The van der Waals surface area contributed by atoms with E-state index < -0.39 is 5.60 Å². The maximum absolute atomic E-state index is 13.4. The van der Waals surface area contributed by atoms with Crippen LogP contribution in [-0.4, -0.2) is 13.0 Å². The van der Waals surface area contributed by atoms with Gasteiger partial charge in [0.2, 0.25) is 0 Å². The Labute approximate surface area is 132 Å². The third-order valence-corrected chi connectivity index (χ3v) is 4.44. The molecule has 2 nitrogen and oxygen atoms in total. The second-order valence-corrected chi connectivity index (χ2v) is 5.56. The summed E-state index contributed by atoms with van der Waals surface area (Å²) in [6.45, 7) is 0. The van der Waals surface area contributed by atoms with Gasteiger partial charge in [0.15, 0.2) is 0 Å². The Kier molecular flexibility index (Phi) is 3.82. The van der Waals surface area contributed by atoms with E-state index in [-0.39, 0.29) is 17.8 Å². The standard InChI is InChI=1S/C16H13Cl2FO2/c1-20-14-8-10(19)6-7-12(14)16(9-17)15(21-16)11-4-2-3-5-13(11)18/h2-8,15H,9H2,1H3. The van der Waals surface area contributed by atoms with Gasteiger partial charge >= 0.3 is 0 Å². The van der Waals surface area contributed by atoms with Crippen LogP contribution in [0.25, 0.3) is 0 Å². The number of benzene rings is 2. The topological polar surface area (TPSA) is 21.8 Å². The molecule has 0 aliphatic carbocycles. The van der Waals surface area contributed by atoms with Crippen molar-refractivity contribution in [3.8, 4) is 5.75 Å². The number of methoxy groups -OCH3 is 1. The van der Waals surface area contributed by atoms with Crippen molar-refractivity contribution in [2.75, 3.05) is 13.0 Å². The van der Waals surface area contributed by atoms with Crippen molar-refractivity contribution < 1.29 is 13.9 Å². The van der Waals surface area contributed by atoms with Crippen molar-refractivity contribution >= 4 is 23.2 Å². The summed E-state index contributed by atoms with van der Waals surface area (Å²) in [5, 5.41) is 0.621. The molecule has 21 heavy (non-hydrogen) atoms. The first-order valence-corrected chi connectivity index (χ1v) is 7.36. The Balaban J connectivity index is 2.03. The van der Waals surface area contributed by atoms with Crippen molar-refractivity contribution in [2.45, 2.75) is 11.7 Å². The molecule has 0 bridgehead atoms. The molecule has 1 aliphatic heterocycles. The second-order valence-electron chi connectivity index (χ2n) is 4.89. The van der Waals surface area contributed by atoms with Crippen molar-refractivity contribution in [3.05, 3.63) is 64.4 Å². The van der Waals surface area contributed by atoms with E-state index in [2.05, 4.69) is 0 Å². The minimum Gasteiger partial charge on any atom is -0.496 e. The number of rotatable bonds is 4. The zero-order valence-corrected chi connectivity index (χ0v) is 12.8. The molecule has 2 aromatic carbocycles. The molecule has 0 spiro atoms. The summed E-state index contributed by atoms with van der Waals surface area (Å²) >= 11 is 12.4. The van der Waals surface area contributed by atoms with Crippen LogP contribution in [0, 0.1) is 5.82 Å². The molecule has 1 aliphatic rings. The van der Waals surface area contributed by atoms with Gasteiger partial charge in [0.25, 0.3) is 0 Å². The van der Waals surface area contributed by atoms with Crippen LogP contribution in [0.1, 0.15) is 17.2 Å².